The number of rotatable bonds is 6. The summed E-state index contributed by atoms with van der Waals surface area (Å²) in [5.74, 6) is 2.12. The van der Waals surface area contributed by atoms with Gasteiger partial charge in [-0.15, -0.1) is 12.8 Å². The van der Waals surface area contributed by atoms with Gasteiger partial charge in [0.15, 0.2) is 0 Å². The minimum Gasteiger partial charge on any atom is -0.384 e. The maximum absolute atomic E-state index is 12.0. The molecule has 0 bridgehead atoms. The Morgan fingerprint density at radius 1 is 1.27 bits per heavy atom. The van der Waals surface area contributed by atoms with Gasteiger partial charge in [-0.05, 0) is 74.4 Å². The molecule has 1 amide bonds. The van der Waals surface area contributed by atoms with Crippen LogP contribution in [0.1, 0.15) is 59.1 Å². The third kappa shape index (κ3) is 13.2. The van der Waals surface area contributed by atoms with Crippen LogP contribution in [0.15, 0.2) is 42.3 Å². The number of halogens is 1. The molecule has 0 saturated carbocycles. The zero-order chi connectivity index (χ0) is 28.8. The van der Waals surface area contributed by atoms with E-state index in [-0.39, 0.29) is 23.6 Å². The average molecular weight is 530 g/mol. The predicted octanol–water partition coefficient (Wildman–Crippen LogP) is 6.37. The molecule has 0 saturated heterocycles. The number of nitrogens with one attached hydrogen (secondary N) is 2. The van der Waals surface area contributed by atoms with E-state index < -0.39 is 0 Å². The molecule has 0 radical (unpaired) electrons. The van der Waals surface area contributed by atoms with E-state index >= 15 is 0 Å². The summed E-state index contributed by atoms with van der Waals surface area (Å²) in [6.45, 7) is 12.7. The van der Waals surface area contributed by atoms with E-state index in [4.69, 9.17) is 11.1 Å². The van der Waals surface area contributed by atoms with E-state index in [9.17, 15) is 9.18 Å². The number of hydrogen-bond donors (Lipinski definition) is 3. The number of nitrogens with zero attached hydrogens (tertiary/aromatic N) is 2. The first-order valence-corrected chi connectivity index (χ1v) is 13.9. The summed E-state index contributed by atoms with van der Waals surface area (Å²) >= 11 is 0. The summed E-state index contributed by atoms with van der Waals surface area (Å²) in [7, 11) is 2.66. The van der Waals surface area contributed by atoms with E-state index in [1.165, 1.54) is 30.1 Å². The first-order valence-electron chi connectivity index (χ1n) is 12.6. The van der Waals surface area contributed by atoms with Gasteiger partial charge < -0.3 is 21.4 Å². The molecule has 1 unspecified atom stereocenters. The summed E-state index contributed by atoms with van der Waals surface area (Å²) < 4.78 is 12.0. The Morgan fingerprint density at radius 3 is 2.41 bits per heavy atom. The second-order valence-electron chi connectivity index (χ2n) is 7.32. The van der Waals surface area contributed by atoms with Crippen molar-refractivity contribution in [3.05, 3.63) is 59.3 Å². The molecule has 0 spiro atoms. The number of carbonyl (C=O) groups is 1. The number of aryl methyl sites for hydroxylation is 1. The van der Waals surface area contributed by atoms with E-state index in [0.717, 1.165) is 42.4 Å². The molecule has 37 heavy (non-hydrogen) atoms. The molecule has 8 heteroatoms. The largest absolute Gasteiger partial charge is 0.384 e. The molecule has 1 aromatic heterocycles. The molecule has 1 aliphatic rings. The van der Waals surface area contributed by atoms with Crippen LogP contribution in [0.5, 0.6) is 0 Å². The molecule has 0 fully saturated rings. The van der Waals surface area contributed by atoms with Crippen LogP contribution in [0.2, 0.25) is 0 Å². The number of terminal acetylenes is 1. The van der Waals surface area contributed by atoms with Crippen molar-refractivity contribution >= 4 is 37.8 Å². The van der Waals surface area contributed by atoms with Gasteiger partial charge in [-0.25, -0.2) is 9.37 Å². The van der Waals surface area contributed by atoms with Gasteiger partial charge in [0.05, 0.1) is 0 Å². The zero-order valence-electron chi connectivity index (χ0n) is 23.4. The van der Waals surface area contributed by atoms with Gasteiger partial charge in [0.1, 0.15) is 11.6 Å². The molecular formula is C29H45FN5OP. The molecule has 2 atom stereocenters. The number of pyridine rings is 1. The van der Waals surface area contributed by atoms with E-state index in [2.05, 4.69) is 42.0 Å². The standard InChI is InChI=1S/C18H26N3OP.C5H5FN2.2C2H6.C2H2/c1-13-4-5-16-10-15(6-7-18(16)21(13)14(2)22)17(11-19)12-23-9-8-20-3;6-4-1-2-8-5(7)3-4;3*1-2/h6-7,10-13,19-20,23H,4-5,8-9H2,1-3H3;1-3H,(H2,7,8);2*1-2H3;1-2H/b17-12+,19-11?;;;;/t13-;;;;/m0..../s1. The summed E-state index contributed by atoms with van der Waals surface area (Å²) in [4.78, 5) is 17.4. The Balaban J connectivity index is 0. The Kier molecular flexibility index (Phi) is 21.6. The number of fused-ring (bicyclic) bond motifs is 1. The highest BCUT2D eigenvalue weighted by molar-refractivity contribution is 7.42. The van der Waals surface area contributed by atoms with Crippen LogP contribution in [0.4, 0.5) is 15.9 Å². The number of anilines is 2. The van der Waals surface area contributed by atoms with Crippen LogP contribution in [0, 0.1) is 24.1 Å². The lowest BCUT2D eigenvalue weighted by atomic mass is 9.93. The van der Waals surface area contributed by atoms with Crippen LogP contribution in [0.25, 0.3) is 5.57 Å². The number of benzene rings is 1. The van der Waals surface area contributed by atoms with Crippen molar-refractivity contribution in [3.63, 3.8) is 0 Å². The van der Waals surface area contributed by atoms with Crippen LogP contribution >= 0.6 is 8.58 Å². The van der Waals surface area contributed by atoms with Crippen molar-refractivity contribution in [2.45, 2.75) is 60.4 Å². The highest BCUT2D eigenvalue weighted by Crippen LogP contribution is 2.33. The fraction of sp³-hybridized carbons (Fsp3) is 0.414. The fourth-order valence-electron chi connectivity index (χ4n) is 3.42. The first kappa shape index (κ1) is 36.1. The van der Waals surface area contributed by atoms with Gasteiger partial charge in [0.2, 0.25) is 5.91 Å². The van der Waals surface area contributed by atoms with Gasteiger partial charge in [-0.3, -0.25) is 4.79 Å². The number of carbonyl (C=O) groups excluding carboxylic acids is 1. The second kappa shape index (κ2) is 22.2. The lowest BCUT2D eigenvalue weighted by molar-refractivity contribution is -0.117. The first-order chi connectivity index (χ1) is 17.9. The Morgan fingerprint density at radius 2 is 1.92 bits per heavy atom. The van der Waals surface area contributed by atoms with Crippen molar-refractivity contribution < 1.29 is 9.18 Å². The minimum atomic E-state index is -0.350. The Hall–Kier alpha value is -3.07. The SMILES string of the molecule is C#C.CC.CC.CNCCP/C=C(\C=N)c1ccc2c(c1)CC[C@H](C)N2C(C)=O.Nc1cc(F)ccn1. The number of nitrogen functional groups attached to an aromatic ring is 1. The summed E-state index contributed by atoms with van der Waals surface area (Å²) in [5, 5.41) is 10.8. The van der Waals surface area contributed by atoms with Gasteiger partial charge in [0, 0.05) is 37.1 Å². The van der Waals surface area contributed by atoms with E-state index in [0.29, 0.717) is 8.58 Å². The molecule has 4 N–H and O–H groups in total. The molecule has 6 nitrogen and oxygen atoms in total. The summed E-state index contributed by atoms with van der Waals surface area (Å²) in [6, 6.07) is 8.89. The molecule has 1 aliphatic heterocycles. The van der Waals surface area contributed by atoms with Gasteiger partial charge >= 0.3 is 0 Å². The normalized spacial score (nSPS) is 13.7. The van der Waals surface area contributed by atoms with Gasteiger partial charge in [0.25, 0.3) is 0 Å². The molecule has 204 valence electrons. The molecule has 1 aromatic carbocycles. The number of hydrogen-bond acceptors (Lipinski definition) is 5. The number of aromatic nitrogens is 1. The quantitative estimate of drug-likeness (QED) is 0.175. The van der Waals surface area contributed by atoms with Crippen LogP contribution in [0.3, 0.4) is 0 Å². The van der Waals surface area contributed by atoms with E-state index in [1.807, 2.05) is 51.8 Å². The third-order valence-corrected chi connectivity index (χ3v) is 6.01. The van der Waals surface area contributed by atoms with Crippen molar-refractivity contribution in [3.8, 4) is 12.8 Å². The maximum Gasteiger partial charge on any atom is 0.224 e. The number of allylic oxidation sites excluding steroid dienone is 1. The average Bonchev–Trinajstić information content (AvgIpc) is 2.92. The second-order valence-corrected chi connectivity index (χ2v) is 8.52. The highest BCUT2D eigenvalue weighted by Gasteiger charge is 2.26. The summed E-state index contributed by atoms with van der Waals surface area (Å²) in [5.41, 5.74) is 9.39. The van der Waals surface area contributed by atoms with Crippen molar-refractivity contribution in [2.24, 2.45) is 0 Å². The zero-order valence-corrected chi connectivity index (χ0v) is 24.4. The van der Waals surface area contributed by atoms with Gasteiger partial charge in [-0.2, -0.15) is 0 Å². The maximum atomic E-state index is 12.0. The molecule has 3 rings (SSSR count). The number of nitrogens with two attached hydrogens (primary N) is 1. The minimum absolute atomic E-state index is 0.0996. The Labute approximate surface area is 225 Å². The van der Waals surface area contributed by atoms with Crippen LogP contribution < -0.4 is 16.0 Å². The smallest absolute Gasteiger partial charge is 0.224 e. The van der Waals surface area contributed by atoms with E-state index in [1.54, 1.807) is 6.92 Å². The monoisotopic (exact) mass is 529 g/mol. The lowest BCUT2D eigenvalue weighted by Crippen LogP contribution is -2.40. The predicted molar refractivity (Wildman–Crippen MR) is 162 cm³/mol. The fourth-order valence-corrected chi connectivity index (χ4v) is 4.43. The Bertz CT molecular complexity index is 961. The molecular weight excluding hydrogens is 484 g/mol. The molecule has 2 aromatic rings. The molecule has 0 aliphatic carbocycles. The van der Waals surface area contributed by atoms with Crippen molar-refractivity contribution in [1.82, 2.24) is 10.3 Å². The topological polar surface area (TPSA) is 95.1 Å². The van der Waals surface area contributed by atoms with Crippen molar-refractivity contribution in [2.75, 3.05) is 30.4 Å². The van der Waals surface area contributed by atoms with Crippen molar-refractivity contribution in [1.29, 1.82) is 5.41 Å². The summed E-state index contributed by atoms with van der Waals surface area (Å²) in [6.07, 6.45) is 13.8. The highest BCUT2D eigenvalue weighted by atomic mass is 31.1. The lowest BCUT2D eigenvalue weighted by Gasteiger charge is -2.34. The number of amides is 1. The molecule has 2 heterocycles. The van der Waals surface area contributed by atoms with Gasteiger partial charge in [-0.1, -0.05) is 48.2 Å². The third-order valence-electron chi connectivity index (χ3n) is 4.96. The van der Waals surface area contributed by atoms with Crippen LogP contribution in [-0.4, -0.2) is 42.9 Å². The van der Waals surface area contributed by atoms with Crippen LogP contribution in [-0.2, 0) is 11.2 Å².